The van der Waals surface area contributed by atoms with Crippen LogP contribution in [-0.4, -0.2) is 32.8 Å². The molecule has 0 fully saturated rings. The normalized spacial score (nSPS) is 23.4. The van der Waals surface area contributed by atoms with Crippen LogP contribution in [0.25, 0.3) is 0 Å². The van der Waals surface area contributed by atoms with Gasteiger partial charge in [-0.15, -0.1) is 0 Å². The van der Waals surface area contributed by atoms with Gasteiger partial charge in [0.1, 0.15) is 34.2 Å². The maximum Gasteiger partial charge on any atom is 0.202 e. The van der Waals surface area contributed by atoms with Gasteiger partial charge >= 0.3 is 0 Å². The minimum Gasteiger partial charge on any atom is -0.508 e. The zero-order chi connectivity index (χ0) is 18.6. The molecular formula is C20H20O6. The van der Waals surface area contributed by atoms with Crippen LogP contribution in [0.2, 0.25) is 0 Å². The second-order valence-corrected chi connectivity index (χ2v) is 7.38. The number of ether oxygens (including phenoxy) is 2. The minimum atomic E-state index is -1.45. The highest BCUT2D eigenvalue weighted by Gasteiger charge is 2.42. The van der Waals surface area contributed by atoms with Gasteiger partial charge in [0.15, 0.2) is 12.2 Å². The lowest BCUT2D eigenvalue weighted by Gasteiger charge is -2.37. The molecule has 0 saturated heterocycles. The Morgan fingerprint density at radius 1 is 1.15 bits per heavy atom. The van der Waals surface area contributed by atoms with Crippen LogP contribution in [0, 0.1) is 0 Å². The number of ketones is 1. The largest absolute Gasteiger partial charge is 0.508 e. The molecular weight excluding hydrogens is 336 g/mol. The number of phenolic OH excluding ortho intramolecular Hbond substituents is 2. The summed E-state index contributed by atoms with van der Waals surface area (Å²) in [6, 6.07) is 7.54. The van der Waals surface area contributed by atoms with Crippen molar-refractivity contribution in [3.8, 4) is 23.0 Å². The number of phenols is 2. The van der Waals surface area contributed by atoms with Gasteiger partial charge in [-0.3, -0.25) is 4.79 Å². The Morgan fingerprint density at radius 2 is 1.85 bits per heavy atom. The third-order valence-corrected chi connectivity index (χ3v) is 4.95. The van der Waals surface area contributed by atoms with Crippen LogP contribution in [0.15, 0.2) is 30.3 Å². The zero-order valence-corrected chi connectivity index (χ0v) is 14.5. The standard InChI is InChI=1S/C20H20O6/c1-20(2)8-7-12-14(26-20)9-13(22)15-16(23)17(24)18(25-19(12)15)10-3-5-11(21)6-4-10/h3-6,9,17-18,21-22,24H,7-8H2,1-2H3/t17-,18+/m1/s1. The Bertz CT molecular complexity index is 884. The van der Waals surface area contributed by atoms with Crippen LogP contribution in [-0.2, 0) is 6.42 Å². The molecule has 26 heavy (non-hydrogen) atoms. The number of aliphatic hydroxyl groups is 1. The first kappa shape index (κ1) is 16.7. The van der Waals surface area contributed by atoms with Crippen LogP contribution < -0.4 is 9.47 Å². The van der Waals surface area contributed by atoms with Crippen LogP contribution in [0.4, 0.5) is 0 Å². The molecule has 2 aromatic carbocycles. The van der Waals surface area contributed by atoms with Crippen LogP contribution in [0.5, 0.6) is 23.0 Å². The molecule has 2 atom stereocenters. The van der Waals surface area contributed by atoms with Crippen molar-refractivity contribution in [3.05, 3.63) is 47.0 Å². The second-order valence-electron chi connectivity index (χ2n) is 7.38. The van der Waals surface area contributed by atoms with E-state index in [1.165, 1.54) is 18.2 Å². The SMILES string of the molecule is CC1(C)CCc2c(cc(O)c3c2O[C@@H](c2ccc(O)cc2)[C@H](O)C3=O)O1. The van der Waals surface area contributed by atoms with E-state index in [1.807, 2.05) is 13.8 Å². The second kappa shape index (κ2) is 5.64. The van der Waals surface area contributed by atoms with E-state index in [4.69, 9.17) is 9.47 Å². The third-order valence-electron chi connectivity index (χ3n) is 4.95. The summed E-state index contributed by atoms with van der Waals surface area (Å²) in [4.78, 5) is 12.7. The zero-order valence-electron chi connectivity index (χ0n) is 14.5. The number of aromatic hydroxyl groups is 2. The van der Waals surface area contributed by atoms with Gasteiger partial charge in [-0.05, 0) is 44.4 Å². The molecule has 0 aromatic heterocycles. The molecule has 136 valence electrons. The topological polar surface area (TPSA) is 96.2 Å². The Balaban J connectivity index is 1.83. The number of rotatable bonds is 1. The van der Waals surface area contributed by atoms with Crippen molar-refractivity contribution >= 4 is 5.78 Å². The summed E-state index contributed by atoms with van der Waals surface area (Å²) in [6.07, 6.45) is -0.994. The summed E-state index contributed by atoms with van der Waals surface area (Å²) < 4.78 is 11.9. The van der Waals surface area contributed by atoms with Gasteiger partial charge < -0.3 is 24.8 Å². The number of Topliss-reactive ketones (excluding diaryl/α,β-unsaturated/α-hetero) is 1. The van der Waals surface area contributed by atoms with E-state index in [2.05, 4.69) is 0 Å². The molecule has 2 aliphatic rings. The average Bonchev–Trinajstić information content (AvgIpc) is 2.57. The van der Waals surface area contributed by atoms with Crippen molar-refractivity contribution in [1.29, 1.82) is 0 Å². The van der Waals surface area contributed by atoms with Gasteiger partial charge in [-0.25, -0.2) is 0 Å². The lowest BCUT2D eigenvalue weighted by Crippen LogP contribution is -2.38. The van der Waals surface area contributed by atoms with Crippen molar-refractivity contribution in [2.75, 3.05) is 0 Å². The lowest BCUT2D eigenvalue weighted by molar-refractivity contribution is 0.0191. The van der Waals surface area contributed by atoms with Crippen LogP contribution >= 0.6 is 0 Å². The number of carbonyl (C=O) groups excluding carboxylic acids is 1. The summed E-state index contributed by atoms with van der Waals surface area (Å²) in [7, 11) is 0. The molecule has 0 aliphatic carbocycles. The van der Waals surface area contributed by atoms with E-state index in [0.717, 1.165) is 12.0 Å². The highest BCUT2D eigenvalue weighted by Crippen LogP contribution is 2.48. The van der Waals surface area contributed by atoms with Crippen LogP contribution in [0.1, 0.15) is 47.9 Å². The Morgan fingerprint density at radius 3 is 2.54 bits per heavy atom. The van der Waals surface area contributed by atoms with Gasteiger partial charge in [0.2, 0.25) is 5.78 Å². The molecule has 2 aliphatic heterocycles. The maximum absolute atomic E-state index is 12.7. The highest BCUT2D eigenvalue weighted by molar-refractivity contribution is 6.06. The average molecular weight is 356 g/mol. The molecule has 0 spiro atoms. The molecule has 2 aromatic rings. The summed E-state index contributed by atoms with van der Waals surface area (Å²) in [5, 5.41) is 30.2. The predicted molar refractivity (Wildman–Crippen MR) is 92.9 cm³/mol. The molecule has 6 heteroatoms. The highest BCUT2D eigenvalue weighted by atomic mass is 16.5. The van der Waals surface area contributed by atoms with Crippen LogP contribution in [0.3, 0.4) is 0 Å². The molecule has 6 nitrogen and oxygen atoms in total. The molecule has 2 heterocycles. The molecule has 0 radical (unpaired) electrons. The van der Waals surface area contributed by atoms with Gasteiger partial charge in [0, 0.05) is 11.6 Å². The van der Waals surface area contributed by atoms with E-state index in [1.54, 1.807) is 12.1 Å². The van der Waals surface area contributed by atoms with E-state index in [9.17, 15) is 20.1 Å². The molecule has 0 unspecified atom stereocenters. The molecule has 4 rings (SSSR count). The van der Waals surface area contributed by atoms with E-state index in [0.29, 0.717) is 17.7 Å². The molecule has 0 bridgehead atoms. The monoisotopic (exact) mass is 356 g/mol. The first-order chi connectivity index (χ1) is 12.3. The Hall–Kier alpha value is -2.73. The summed E-state index contributed by atoms with van der Waals surface area (Å²) in [5.74, 6) is -0.00873. The lowest BCUT2D eigenvalue weighted by atomic mass is 9.87. The van der Waals surface area contributed by atoms with Gasteiger partial charge in [0.05, 0.1) is 0 Å². The molecule has 0 saturated carbocycles. The molecule has 0 amide bonds. The van der Waals surface area contributed by atoms with Crippen molar-refractivity contribution < 1.29 is 29.6 Å². The quantitative estimate of drug-likeness (QED) is 0.727. The van der Waals surface area contributed by atoms with E-state index in [-0.39, 0.29) is 28.4 Å². The predicted octanol–water partition coefficient (Wildman–Crippen LogP) is 2.88. The van der Waals surface area contributed by atoms with E-state index < -0.39 is 18.0 Å². The fraction of sp³-hybridized carbons (Fsp3) is 0.350. The first-order valence-corrected chi connectivity index (χ1v) is 8.52. The number of hydrogen-bond acceptors (Lipinski definition) is 6. The number of fused-ring (bicyclic) bond motifs is 3. The Labute approximate surface area is 150 Å². The Kier molecular flexibility index (Phi) is 3.63. The number of carbonyl (C=O) groups is 1. The number of hydrogen-bond donors (Lipinski definition) is 3. The number of benzene rings is 2. The first-order valence-electron chi connectivity index (χ1n) is 8.52. The van der Waals surface area contributed by atoms with Gasteiger partial charge in [-0.1, -0.05) is 12.1 Å². The van der Waals surface area contributed by atoms with Gasteiger partial charge in [0.25, 0.3) is 0 Å². The summed E-state index contributed by atoms with van der Waals surface area (Å²) in [5.41, 5.74) is 0.904. The number of aliphatic hydroxyl groups excluding tert-OH is 1. The summed E-state index contributed by atoms with van der Waals surface area (Å²) >= 11 is 0. The summed E-state index contributed by atoms with van der Waals surface area (Å²) in [6.45, 7) is 3.92. The van der Waals surface area contributed by atoms with Crippen molar-refractivity contribution in [3.63, 3.8) is 0 Å². The fourth-order valence-electron chi connectivity index (χ4n) is 3.52. The van der Waals surface area contributed by atoms with Crippen molar-refractivity contribution in [2.45, 2.75) is 44.5 Å². The fourth-order valence-corrected chi connectivity index (χ4v) is 3.52. The third kappa shape index (κ3) is 2.57. The molecule has 3 N–H and O–H groups in total. The van der Waals surface area contributed by atoms with Crippen molar-refractivity contribution in [2.24, 2.45) is 0 Å². The van der Waals surface area contributed by atoms with E-state index >= 15 is 0 Å². The van der Waals surface area contributed by atoms with Crippen molar-refractivity contribution in [1.82, 2.24) is 0 Å². The van der Waals surface area contributed by atoms with Gasteiger partial charge in [-0.2, -0.15) is 0 Å². The maximum atomic E-state index is 12.7. The smallest absolute Gasteiger partial charge is 0.202 e. The minimum absolute atomic E-state index is 0.00501.